The molecule has 0 aromatic carbocycles. The van der Waals surface area contributed by atoms with Crippen LogP contribution in [0.25, 0.3) is 34.3 Å². The van der Waals surface area contributed by atoms with Gasteiger partial charge in [-0.1, -0.05) is 0 Å². The topological polar surface area (TPSA) is 126 Å². The van der Waals surface area contributed by atoms with E-state index in [0.717, 1.165) is 22.4 Å². The Morgan fingerprint density at radius 1 is 0.956 bits per heavy atom. The number of nitrogens with zero attached hydrogens (tertiary/aromatic N) is 7. The number of ether oxygens (including phenoxy) is 3. The summed E-state index contributed by atoms with van der Waals surface area (Å²) in [5, 5.41) is 10.2. The van der Waals surface area contributed by atoms with Gasteiger partial charge in [0.1, 0.15) is 11.2 Å². The predicted octanol–water partition coefficient (Wildman–Crippen LogP) is 6.53. The Hall–Kier alpha value is -4.74. The fourth-order valence-corrected chi connectivity index (χ4v) is 5.16. The molecule has 12 nitrogen and oxygen atoms in total. The molecule has 1 aliphatic heterocycles. The zero-order valence-electron chi connectivity index (χ0n) is 27.4. The van der Waals surface area contributed by atoms with Crippen LogP contribution in [0, 0.1) is 0 Å². The molecule has 1 aliphatic rings. The maximum absolute atomic E-state index is 13.7. The highest BCUT2D eigenvalue weighted by Crippen LogP contribution is 2.35. The number of hydrogen-bond acceptors (Lipinski definition) is 9. The summed E-state index contributed by atoms with van der Waals surface area (Å²) in [4.78, 5) is 37.9. The molecule has 45 heavy (non-hydrogen) atoms. The molecule has 0 radical (unpaired) electrons. The number of rotatable bonds is 2. The van der Waals surface area contributed by atoms with Crippen molar-refractivity contribution in [2.45, 2.75) is 85.6 Å². The van der Waals surface area contributed by atoms with Crippen molar-refractivity contribution in [1.82, 2.24) is 34.4 Å². The zero-order valence-corrected chi connectivity index (χ0v) is 27.4. The maximum Gasteiger partial charge on any atom is 0.435 e. The number of amides is 1. The van der Waals surface area contributed by atoms with Crippen molar-refractivity contribution in [2.75, 3.05) is 13.7 Å². The van der Waals surface area contributed by atoms with E-state index in [9.17, 15) is 9.59 Å². The molecule has 1 amide bonds. The number of carbonyl (C=O) groups excluding carboxylic acids is 2. The van der Waals surface area contributed by atoms with Crippen molar-refractivity contribution in [2.24, 2.45) is 0 Å². The van der Waals surface area contributed by atoms with E-state index < -0.39 is 29.4 Å². The number of pyridine rings is 2. The van der Waals surface area contributed by atoms with Crippen LogP contribution in [-0.4, -0.2) is 71.5 Å². The summed E-state index contributed by atoms with van der Waals surface area (Å²) < 4.78 is 20.1. The Balaban J connectivity index is 1.75. The minimum atomic E-state index is -0.712. The van der Waals surface area contributed by atoms with Gasteiger partial charge in [0.05, 0.1) is 41.9 Å². The second-order valence-corrected chi connectivity index (χ2v) is 13.0. The number of carbonyl (C=O) groups is 2. The third-order valence-corrected chi connectivity index (χ3v) is 7.31. The Kier molecular flexibility index (Phi) is 8.43. The Bertz CT molecular complexity index is 1770. The summed E-state index contributed by atoms with van der Waals surface area (Å²) >= 11 is 0. The summed E-state index contributed by atoms with van der Waals surface area (Å²) in [5.74, 6) is 0.395. The molecule has 4 aromatic heterocycles. The minimum absolute atomic E-state index is 0.341. The van der Waals surface area contributed by atoms with Crippen LogP contribution in [0.5, 0.6) is 5.88 Å². The first kappa shape index (κ1) is 31.7. The quantitative estimate of drug-likeness (QED) is 0.247. The molecular formula is C33H41N7O5. The Morgan fingerprint density at radius 2 is 1.67 bits per heavy atom. The van der Waals surface area contributed by atoms with Crippen LogP contribution in [0.1, 0.15) is 83.9 Å². The van der Waals surface area contributed by atoms with E-state index in [-0.39, 0.29) is 0 Å². The van der Waals surface area contributed by atoms with Gasteiger partial charge in [-0.3, -0.25) is 9.67 Å². The van der Waals surface area contributed by atoms with Crippen LogP contribution < -0.4 is 4.74 Å². The summed E-state index contributed by atoms with van der Waals surface area (Å²) in [6.07, 6.45) is 8.50. The lowest BCUT2D eigenvalue weighted by Gasteiger charge is -2.32. The number of hydrogen-bond donors (Lipinski definition) is 0. The van der Waals surface area contributed by atoms with Crippen LogP contribution in [0.15, 0.2) is 30.7 Å². The van der Waals surface area contributed by atoms with Crippen LogP contribution >= 0.6 is 0 Å². The van der Waals surface area contributed by atoms with E-state index in [1.807, 2.05) is 84.5 Å². The van der Waals surface area contributed by atoms with E-state index in [1.165, 1.54) is 4.68 Å². The first-order valence-electron chi connectivity index (χ1n) is 15.1. The van der Waals surface area contributed by atoms with Crippen LogP contribution in [0.2, 0.25) is 0 Å². The van der Waals surface area contributed by atoms with Gasteiger partial charge in [0, 0.05) is 60.0 Å². The van der Waals surface area contributed by atoms with Crippen molar-refractivity contribution in [3.63, 3.8) is 0 Å². The molecule has 0 unspecified atom stereocenters. The highest BCUT2D eigenvalue weighted by molar-refractivity contribution is 5.96. The van der Waals surface area contributed by atoms with Crippen LogP contribution in [0.3, 0.4) is 0 Å². The third-order valence-electron chi connectivity index (χ3n) is 7.31. The van der Waals surface area contributed by atoms with Gasteiger partial charge < -0.3 is 19.1 Å². The monoisotopic (exact) mass is 615 g/mol. The van der Waals surface area contributed by atoms with Crippen molar-refractivity contribution in [3.05, 3.63) is 53.2 Å². The molecule has 0 aliphatic carbocycles. The number of methoxy groups -OCH3 is 1. The first-order valence-corrected chi connectivity index (χ1v) is 15.1. The molecule has 0 fully saturated rings. The standard InChI is InChI=1S/C33H41N7O5/c1-10-38-19-21-11-12-26-23-15-27(34-18-28(23)40(37-26)31(42)45-33(6,7)8)22-16-29(43-9)35-17-24(22)20(2)39(14-13-25(21)36-38)30(41)44-32(3,4)5/h11-12,15-20H,10,13-14H2,1-9H3/b12-11+/t20-/m1/s1. The summed E-state index contributed by atoms with van der Waals surface area (Å²) in [7, 11) is 1.55. The Labute approximate surface area is 263 Å². The lowest BCUT2D eigenvalue weighted by molar-refractivity contribution is 0.0175. The molecule has 0 saturated heterocycles. The lowest BCUT2D eigenvalue weighted by atomic mass is 9.98. The van der Waals surface area contributed by atoms with E-state index in [1.54, 1.807) is 30.5 Å². The molecule has 0 N–H and O–H groups in total. The minimum Gasteiger partial charge on any atom is -0.481 e. The molecule has 12 heteroatoms. The van der Waals surface area contributed by atoms with Gasteiger partial charge in [-0.05, 0) is 73.6 Å². The summed E-state index contributed by atoms with van der Waals surface area (Å²) in [6.45, 7) is 15.9. The fourth-order valence-electron chi connectivity index (χ4n) is 5.16. The van der Waals surface area contributed by atoms with Crippen LogP contribution in [-0.2, 0) is 22.4 Å². The van der Waals surface area contributed by atoms with Gasteiger partial charge in [-0.25, -0.2) is 14.6 Å². The van der Waals surface area contributed by atoms with Gasteiger partial charge in [0.25, 0.3) is 0 Å². The second-order valence-electron chi connectivity index (χ2n) is 13.0. The summed E-state index contributed by atoms with van der Waals surface area (Å²) in [6, 6.07) is 3.23. The summed E-state index contributed by atoms with van der Waals surface area (Å²) in [5.41, 5.74) is 3.43. The SMILES string of the molecule is CCn1cc2c(n1)CCN(C(=O)OC(C)(C)C)[C@H](C)c1cnc(OC)cc1-c1cc3c(nn(C(=O)OC(C)(C)C)c3cn1)/C=C/2. The van der Waals surface area contributed by atoms with Crippen LogP contribution in [0.4, 0.5) is 9.59 Å². The average Bonchev–Trinajstić information content (AvgIpc) is 3.54. The molecule has 0 saturated carbocycles. The van der Waals surface area contributed by atoms with E-state index >= 15 is 0 Å². The second kappa shape index (κ2) is 12.0. The van der Waals surface area contributed by atoms with Gasteiger partial charge in [0.15, 0.2) is 0 Å². The molecule has 2 bridgehead atoms. The molecule has 5 heterocycles. The van der Waals surface area contributed by atoms with Crippen molar-refractivity contribution in [3.8, 4) is 17.1 Å². The molecule has 238 valence electrons. The van der Waals surface area contributed by atoms with E-state index in [4.69, 9.17) is 24.3 Å². The molecule has 0 spiro atoms. The maximum atomic E-state index is 13.7. The largest absolute Gasteiger partial charge is 0.481 e. The van der Waals surface area contributed by atoms with Gasteiger partial charge in [-0.2, -0.15) is 14.9 Å². The highest BCUT2D eigenvalue weighted by atomic mass is 16.6. The molecule has 5 rings (SSSR count). The predicted molar refractivity (Wildman–Crippen MR) is 171 cm³/mol. The van der Waals surface area contributed by atoms with Gasteiger partial charge in [-0.15, -0.1) is 0 Å². The highest BCUT2D eigenvalue weighted by Gasteiger charge is 2.30. The Morgan fingerprint density at radius 3 is 2.33 bits per heavy atom. The average molecular weight is 616 g/mol. The van der Waals surface area contributed by atoms with Gasteiger partial charge in [0.2, 0.25) is 5.88 Å². The van der Waals surface area contributed by atoms with Crippen molar-refractivity contribution < 1.29 is 23.8 Å². The van der Waals surface area contributed by atoms with E-state index in [0.29, 0.717) is 47.7 Å². The van der Waals surface area contributed by atoms with Crippen molar-refractivity contribution in [1.29, 1.82) is 0 Å². The van der Waals surface area contributed by atoms with Gasteiger partial charge >= 0.3 is 12.2 Å². The normalized spacial score (nSPS) is 16.1. The smallest absolute Gasteiger partial charge is 0.435 e. The number of aromatic nitrogens is 6. The number of fused-ring (bicyclic) bond motifs is 4. The first-order chi connectivity index (χ1) is 21.2. The number of aryl methyl sites for hydroxylation is 1. The lowest BCUT2D eigenvalue weighted by Crippen LogP contribution is -2.40. The third kappa shape index (κ3) is 6.84. The fraction of sp³-hybridized carbons (Fsp3) is 0.455. The molecule has 1 atom stereocenters. The van der Waals surface area contributed by atoms with E-state index in [2.05, 4.69) is 10.1 Å². The molecular weight excluding hydrogens is 574 g/mol. The van der Waals surface area contributed by atoms with Crippen molar-refractivity contribution >= 4 is 35.2 Å². The zero-order chi connectivity index (χ0) is 32.7. The molecule has 4 aromatic rings.